The Bertz CT molecular complexity index is 892. The molecular weight excluding hydrogens is 402 g/mol. The summed E-state index contributed by atoms with van der Waals surface area (Å²) in [6.07, 6.45) is 1.01. The average molecular weight is 426 g/mol. The molecule has 10 heteroatoms. The van der Waals surface area contributed by atoms with Crippen LogP contribution in [-0.2, 0) is 19.6 Å². The molecule has 3 amide bonds. The van der Waals surface area contributed by atoms with E-state index in [1.54, 1.807) is 24.0 Å². The quantitative estimate of drug-likeness (QED) is 0.762. The molecule has 3 rings (SSSR count). The zero-order chi connectivity index (χ0) is 20.5. The summed E-state index contributed by atoms with van der Waals surface area (Å²) in [5.74, 6) is -0.320. The molecule has 0 radical (unpaired) electrons. The lowest BCUT2D eigenvalue weighted by Gasteiger charge is -2.35. The van der Waals surface area contributed by atoms with Crippen LogP contribution in [-0.4, -0.2) is 66.7 Å². The molecule has 1 N–H and O–H groups in total. The van der Waals surface area contributed by atoms with Gasteiger partial charge in [0.05, 0.1) is 17.2 Å². The van der Waals surface area contributed by atoms with Gasteiger partial charge in [-0.2, -0.15) is 0 Å². The number of nitrogens with one attached hydrogen (secondary N) is 1. The van der Waals surface area contributed by atoms with E-state index in [4.69, 9.17) is 0 Å². The topological polar surface area (TPSA) is 104 Å². The van der Waals surface area contributed by atoms with Crippen LogP contribution < -0.4 is 4.72 Å². The molecule has 0 unspecified atom stereocenters. The number of hydrogen-bond acceptors (Lipinski definition) is 6. The smallest absolute Gasteiger partial charge is 0.289 e. The number of piperidine rings is 1. The first-order valence-corrected chi connectivity index (χ1v) is 11.5. The normalized spacial score (nSPS) is 18.8. The van der Waals surface area contributed by atoms with Gasteiger partial charge >= 0.3 is 0 Å². The average Bonchev–Trinajstić information content (AvgIpc) is 3.00. The first-order valence-electron chi connectivity index (χ1n) is 9.02. The maximum atomic E-state index is 12.5. The van der Waals surface area contributed by atoms with Crippen LogP contribution in [0, 0.1) is 13.8 Å². The fraction of sp³-hybridized carbons (Fsp3) is 0.500. The third-order valence-electron chi connectivity index (χ3n) is 5.01. The molecule has 28 heavy (non-hydrogen) atoms. The molecule has 0 aromatic heterocycles. The molecule has 2 saturated heterocycles. The third-order valence-corrected chi connectivity index (χ3v) is 7.39. The monoisotopic (exact) mass is 425 g/mol. The van der Waals surface area contributed by atoms with Crippen molar-refractivity contribution in [3.8, 4) is 0 Å². The van der Waals surface area contributed by atoms with Crippen molar-refractivity contribution in [2.24, 2.45) is 0 Å². The highest BCUT2D eigenvalue weighted by Gasteiger charge is 2.38. The van der Waals surface area contributed by atoms with Gasteiger partial charge in [0.25, 0.3) is 5.24 Å². The minimum Gasteiger partial charge on any atom is -0.341 e. The maximum absolute atomic E-state index is 12.5. The van der Waals surface area contributed by atoms with E-state index in [1.165, 1.54) is 4.90 Å². The van der Waals surface area contributed by atoms with Crippen molar-refractivity contribution in [1.29, 1.82) is 0 Å². The Morgan fingerprint density at radius 3 is 2.50 bits per heavy atom. The highest BCUT2D eigenvalue weighted by Crippen LogP contribution is 2.26. The Balaban J connectivity index is 1.55. The van der Waals surface area contributed by atoms with Crippen LogP contribution in [0.4, 0.5) is 4.79 Å². The Labute approximate surface area is 168 Å². The van der Waals surface area contributed by atoms with Gasteiger partial charge in [0, 0.05) is 19.1 Å². The predicted octanol–water partition coefficient (Wildman–Crippen LogP) is 1.27. The minimum absolute atomic E-state index is 0.169. The summed E-state index contributed by atoms with van der Waals surface area (Å²) in [4.78, 5) is 39.1. The molecular formula is C18H23N3O5S2. The molecule has 0 atom stereocenters. The van der Waals surface area contributed by atoms with Crippen LogP contribution >= 0.6 is 11.8 Å². The summed E-state index contributed by atoms with van der Waals surface area (Å²) in [7, 11) is -3.78. The van der Waals surface area contributed by atoms with Crippen molar-refractivity contribution in [3.63, 3.8) is 0 Å². The van der Waals surface area contributed by atoms with Crippen LogP contribution in [0.5, 0.6) is 0 Å². The van der Waals surface area contributed by atoms with Crippen molar-refractivity contribution in [1.82, 2.24) is 14.5 Å². The van der Waals surface area contributed by atoms with Gasteiger partial charge in [-0.05, 0) is 43.9 Å². The molecule has 2 aliphatic heterocycles. The number of likely N-dealkylation sites (tertiary alicyclic amines) is 1. The molecule has 0 bridgehead atoms. The van der Waals surface area contributed by atoms with Crippen molar-refractivity contribution < 1.29 is 22.8 Å². The number of rotatable bonds is 5. The molecule has 2 heterocycles. The van der Waals surface area contributed by atoms with Gasteiger partial charge < -0.3 is 4.90 Å². The summed E-state index contributed by atoms with van der Waals surface area (Å²) in [6.45, 7) is 3.96. The lowest BCUT2D eigenvalue weighted by Crippen LogP contribution is -2.50. The lowest BCUT2D eigenvalue weighted by molar-refractivity contribution is -0.132. The predicted molar refractivity (Wildman–Crippen MR) is 105 cm³/mol. The van der Waals surface area contributed by atoms with E-state index in [9.17, 15) is 22.8 Å². The second-order valence-corrected chi connectivity index (χ2v) is 9.69. The van der Waals surface area contributed by atoms with Crippen molar-refractivity contribution >= 4 is 38.8 Å². The maximum Gasteiger partial charge on any atom is 0.289 e. The van der Waals surface area contributed by atoms with Gasteiger partial charge in [-0.1, -0.05) is 23.9 Å². The molecule has 0 spiro atoms. The van der Waals surface area contributed by atoms with E-state index in [1.807, 2.05) is 13.0 Å². The highest BCUT2D eigenvalue weighted by atomic mass is 32.2. The summed E-state index contributed by atoms with van der Waals surface area (Å²) >= 11 is 1.01. The Morgan fingerprint density at radius 2 is 1.89 bits per heavy atom. The van der Waals surface area contributed by atoms with Crippen molar-refractivity contribution in [2.75, 3.05) is 25.4 Å². The third kappa shape index (κ3) is 4.39. The zero-order valence-corrected chi connectivity index (χ0v) is 17.4. The first kappa shape index (κ1) is 20.8. The van der Waals surface area contributed by atoms with Crippen LogP contribution in [0.2, 0.25) is 0 Å². The number of hydrogen-bond donors (Lipinski definition) is 1. The molecule has 0 aliphatic carbocycles. The standard InChI is InChI=1S/C18H23N3O5S2/c1-12-3-4-13(2)15(9-12)28(25,26)19-10-16(22)20-7-5-14(6-8-20)21-17(23)11-27-18(21)24/h3-4,9,14,19H,5-8,10-11H2,1-2H3. The molecule has 152 valence electrons. The number of carbonyl (C=O) groups excluding carboxylic acids is 3. The second kappa shape index (κ2) is 8.22. The molecule has 2 fully saturated rings. The van der Waals surface area contributed by atoms with Crippen LogP contribution in [0.15, 0.2) is 23.1 Å². The van der Waals surface area contributed by atoms with Crippen molar-refractivity contribution in [2.45, 2.75) is 37.6 Å². The lowest BCUT2D eigenvalue weighted by atomic mass is 10.0. The molecule has 2 aliphatic rings. The van der Waals surface area contributed by atoms with E-state index in [0.29, 0.717) is 31.5 Å². The van der Waals surface area contributed by atoms with Crippen LogP contribution in [0.1, 0.15) is 24.0 Å². The zero-order valence-electron chi connectivity index (χ0n) is 15.8. The van der Waals surface area contributed by atoms with E-state index in [0.717, 1.165) is 17.3 Å². The summed E-state index contributed by atoms with van der Waals surface area (Å²) < 4.78 is 27.4. The van der Waals surface area contributed by atoms with Gasteiger partial charge in [0.2, 0.25) is 21.8 Å². The number of imide groups is 1. The van der Waals surface area contributed by atoms with E-state index in [-0.39, 0.29) is 40.3 Å². The SMILES string of the molecule is Cc1ccc(C)c(S(=O)(=O)NCC(=O)N2CCC(N3C(=O)CSC3=O)CC2)c1. The van der Waals surface area contributed by atoms with Gasteiger partial charge in [-0.25, -0.2) is 13.1 Å². The summed E-state index contributed by atoms with van der Waals surface area (Å²) in [5, 5.41) is -0.226. The van der Waals surface area contributed by atoms with Gasteiger partial charge in [-0.3, -0.25) is 19.3 Å². The largest absolute Gasteiger partial charge is 0.341 e. The molecule has 1 aromatic rings. The second-order valence-electron chi connectivity index (χ2n) is 7.02. The molecule has 1 aromatic carbocycles. The van der Waals surface area contributed by atoms with Gasteiger partial charge in [0.1, 0.15) is 0 Å². The van der Waals surface area contributed by atoms with Crippen molar-refractivity contribution in [3.05, 3.63) is 29.3 Å². The fourth-order valence-electron chi connectivity index (χ4n) is 3.43. The number of carbonyl (C=O) groups is 3. The Kier molecular flexibility index (Phi) is 6.11. The number of thioether (sulfide) groups is 1. The number of sulfonamides is 1. The van der Waals surface area contributed by atoms with Crippen LogP contribution in [0.3, 0.4) is 0 Å². The number of amides is 3. The fourth-order valence-corrected chi connectivity index (χ4v) is 5.51. The number of benzene rings is 1. The molecule has 8 nitrogen and oxygen atoms in total. The number of nitrogens with zero attached hydrogens (tertiary/aromatic N) is 2. The van der Waals surface area contributed by atoms with E-state index < -0.39 is 10.0 Å². The van der Waals surface area contributed by atoms with Crippen LogP contribution in [0.25, 0.3) is 0 Å². The van der Waals surface area contributed by atoms with Gasteiger partial charge in [0.15, 0.2) is 0 Å². The van der Waals surface area contributed by atoms with E-state index in [2.05, 4.69) is 4.72 Å². The Morgan fingerprint density at radius 1 is 1.21 bits per heavy atom. The molecule has 0 saturated carbocycles. The van der Waals surface area contributed by atoms with E-state index >= 15 is 0 Å². The summed E-state index contributed by atoms with van der Waals surface area (Å²) in [5.41, 5.74) is 1.44. The first-order chi connectivity index (χ1) is 13.2. The highest BCUT2D eigenvalue weighted by molar-refractivity contribution is 8.14. The Hall–Kier alpha value is -1.91. The van der Waals surface area contributed by atoms with Gasteiger partial charge in [-0.15, -0.1) is 0 Å². The minimum atomic E-state index is -3.78. The summed E-state index contributed by atoms with van der Waals surface area (Å²) in [6, 6.07) is 4.95. The number of aryl methyl sites for hydroxylation is 2.